The molecule has 1 aromatic rings. The maximum absolute atomic E-state index is 11.9. The summed E-state index contributed by atoms with van der Waals surface area (Å²) in [5.41, 5.74) is 6.64. The van der Waals surface area contributed by atoms with Crippen LogP contribution in [0.3, 0.4) is 0 Å². The van der Waals surface area contributed by atoms with Crippen molar-refractivity contribution in [1.29, 1.82) is 0 Å². The Hall–Kier alpha value is -0.870. The number of halogens is 1. The van der Waals surface area contributed by atoms with E-state index in [1.165, 1.54) is 18.6 Å². The summed E-state index contributed by atoms with van der Waals surface area (Å²) in [6, 6.07) is 4.95. The van der Waals surface area contributed by atoms with Gasteiger partial charge in [-0.1, -0.05) is 11.6 Å². The first-order valence-corrected chi connectivity index (χ1v) is 7.04. The number of rotatable bonds is 3. The Labute approximate surface area is 110 Å². The third-order valence-electron chi connectivity index (χ3n) is 2.75. The van der Waals surface area contributed by atoms with Crippen molar-refractivity contribution in [2.24, 2.45) is 0 Å². The highest BCUT2D eigenvalue weighted by Crippen LogP contribution is 2.25. The van der Waals surface area contributed by atoms with Gasteiger partial charge in [-0.2, -0.15) is 11.8 Å². The van der Waals surface area contributed by atoms with Gasteiger partial charge in [0.05, 0.1) is 10.6 Å². The molecule has 0 aliphatic carbocycles. The largest absolute Gasteiger partial charge is 0.399 e. The zero-order valence-electron chi connectivity index (χ0n) is 9.41. The summed E-state index contributed by atoms with van der Waals surface area (Å²) < 4.78 is 0. The van der Waals surface area contributed by atoms with E-state index in [9.17, 15) is 4.79 Å². The molecule has 1 aromatic carbocycles. The van der Waals surface area contributed by atoms with Gasteiger partial charge in [0, 0.05) is 17.5 Å². The van der Waals surface area contributed by atoms with Crippen molar-refractivity contribution >= 4 is 35.0 Å². The monoisotopic (exact) mass is 270 g/mol. The van der Waals surface area contributed by atoms with E-state index in [1.54, 1.807) is 18.2 Å². The van der Waals surface area contributed by atoms with Crippen LogP contribution < -0.4 is 11.1 Å². The third kappa shape index (κ3) is 3.30. The molecule has 0 spiro atoms. The number of carbonyl (C=O) groups is 1. The Balaban J connectivity index is 1.96. The Morgan fingerprint density at radius 2 is 2.41 bits per heavy atom. The van der Waals surface area contributed by atoms with Crippen molar-refractivity contribution in [3.8, 4) is 0 Å². The molecule has 0 radical (unpaired) electrons. The van der Waals surface area contributed by atoms with Crippen LogP contribution in [0.15, 0.2) is 18.2 Å². The number of anilines is 1. The highest BCUT2D eigenvalue weighted by Gasteiger charge is 2.17. The molecular formula is C12H15ClN2OS. The van der Waals surface area contributed by atoms with Gasteiger partial charge in [0.1, 0.15) is 0 Å². The molecule has 1 aliphatic heterocycles. The normalized spacial score (nSPS) is 19.2. The smallest absolute Gasteiger partial charge is 0.252 e. The van der Waals surface area contributed by atoms with Crippen molar-refractivity contribution < 1.29 is 4.79 Å². The molecule has 0 saturated carbocycles. The van der Waals surface area contributed by atoms with E-state index >= 15 is 0 Å². The standard InChI is InChI=1S/C12H15ClN2OS/c13-11-4-3-8(14)6-10(11)12(16)15-7-9-2-1-5-17-9/h3-4,6,9H,1-2,5,7,14H2,(H,15,16). The van der Waals surface area contributed by atoms with Gasteiger partial charge in [-0.05, 0) is 36.8 Å². The maximum Gasteiger partial charge on any atom is 0.252 e. The summed E-state index contributed by atoms with van der Waals surface area (Å²) in [4.78, 5) is 11.9. The number of benzene rings is 1. The highest BCUT2D eigenvalue weighted by atomic mass is 35.5. The number of nitrogen functional groups attached to an aromatic ring is 1. The number of amides is 1. The molecule has 1 fully saturated rings. The van der Waals surface area contributed by atoms with Crippen LogP contribution in [0.2, 0.25) is 5.02 Å². The van der Waals surface area contributed by atoms with E-state index in [4.69, 9.17) is 17.3 Å². The number of thioether (sulfide) groups is 1. The number of hydrogen-bond acceptors (Lipinski definition) is 3. The third-order valence-corrected chi connectivity index (χ3v) is 4.48. The first-order chi connectivity index (χ1) is 8.16. The average Bonchev–Trinajstić information content (AvgIpc) is 2.82. The molecule has 3 N–H and O–H groups in total. The van der Waals surface area contributed by atoms with Crippen LogP contribution in [0.5, 0.6) is 0 Å². The summed E-state index contributed by atoms with van der Waals surface area (Å²) >= 11 is 7.88. The van der Waals surface area contributed by atoms with Crippen molar-refractivity contribution in [2.75, 3.05) is 18.0 Å². The molecule has 92 valence electrons. The van der Waals surface area contributed by atoms with Crippen molar-refractivity contribution in [3.63, 3.8) is 0 Å². The van der Waals surface area contributed by atoms with E-state index in [1.807, 2.05) is 11.8 Å². The fraction of sp³-hybridized carbons (Fsp3) is 0.417. The van der Waals surface area contributed by atoms with Crippen LogP contribution in [0.4, 0.5) is 5.69 Å². The topological polar surface area (TPSA) is 55.1 Å². The molecule has 1 heterocycles. The number of carbonyl (C=O) groups excluding carboxylic acids is 1. The second-order valence-corrected chi connectivity index (χ2v) is 5.90. The SMILES string of the molecule is Nc1ccc(Cl)c(C(=O)NCC2CCCS2)c1. The molecule has 17 heavy (non-hydrogen) atoms. The summed E-state index contributed by atoms with van der Waals surface area (Å²) in [6.45, 7) is 0.703. The zero-order valence-corrected chi connectivity index (χ0v) is 11.0. The van der Waals surface area contributed by atoms with E-state index in [0.29, 0.717) is 28.1 Å². The number of nitrogens with one attached hydrogen (secondary N) is 1. The predicted molar refractivity (Wildman–Crippen MR) is 73.7 cm³/mol. The van der Waals surface area contributed by atoms with Gasteiger partial charge in [-0.3, -0.25) is 4.79 Å². The Morgan fingerprint density at radius 1 is 1.59 bits per heavy atom. The first kappa shape index (κ1) is 12.6. The lowest BCUT2D eigenvalue weighted by Crippen LogP contribution is -2.29. The van der Waals surface area contributed by atoms with E-state index in [0.717, 1.165) is 0 Å². The van der Waals surface area contributed by atoms with Crippen LogP contribution in [0.1, 0.15) is 23.2 Å². The van der Waals surface area contributed by atoms with E-state index < -0.39 is 0 Å². The fourth-order valence-electron chi connectivity index (χ4n) is 1.82. The minimum absolute atomic E-state index is 0.144. The lowest BCUT2D eigenvalue weighted by atomic mass is 10.2. The fourth-order valence-corrected chi connectivity index (χ4v) is 3.23. The number of hydrogen-bond donors (Lipinski definition) is 2. The molecule has 2 rings (SSSR count). The van der Waals surface area contributed by atoms with Crippen LogP contribution in [0, 0.1) is 0 Å². The minimum atomic E-state index is -0.144. The molecule has 1 unspecified atom stereocenters. The molecule has 1 aliphatic rings. The van der Waals surface area contributed by atoms with Gasteiger partial charge < -0.3 is 11.1 Å². The molecule has 1 atom stereocenters. The average molecular weight is 271 g/mol. The predicted octanol–water partition coefficient (Wildman–Crippen LogP) is 2.55. The van der Waals surface area contributed by atoms with Crippen LogP contribution in [-0.2, 0) is 0 Å². The second kappa shape index (κ2) is 5.65. The van der Waals surface area contributed by atoms with Gasteiger partial charge in [0.25, 0.3) is 5.91 Å². The first-order valence-electron chi connectivity index (χ1n) is 5.61. The molecule has 1 saturated heterocycles. The van der Waals surface area contributed by atoms with Gasteiger partial charge in [0.2, 0.25) is 0 Å². The molecule has 0 aromatic heterocycles. The van der Waals surface area contributed by atoms with Crippen LogP contribution in [0.25, 0.3) is 0 Å². The molecule has 3 nitrogen and oxygen atoms in total. The number of nitrogens with two attached hydrogens (primary N) is 1. The maximum atomic E-state index is 11.9. The van der Waals surface area contributed by atoms with Crippen LogP contribution >= 0.6 is 23.4 Å². The minimum Gasteiger partial charge on any atom is -0.399 e. The van der Waals surface area contributed by atoms with Crippen LogP contribution in [-0.4, -0.2) is 23.5 Å². The van der Waals surface area contributed by atoms with Gasteiger partial charge in [0.15, 0.2) is 0 Å². The summed E-state index contributed by atoms with van der Waals surface area (Å²) in [7, 11) is 0. The Morgan fingerprint density at radius 3 is 3.12 bits per heavy atom. The summed E-state index contributed by atoms with van der Waals surface area (Å²) in [5, 5.41) is 3.89. The van der Waals surface area contributed by atoms with Crippen molar-refractivity contribution in [3.05, 3.63) is 28.8 Å². The second-order valence-electron chi connectivity index (χ2n) is 4.08. The quantitative estimate of drug-likeness (QED) is 0.830. The Kier molecular flexibility index (Phi) is 4.18. The lowest BCUT2D eigenvalue weighted by Gasteiger charge is -2.11. The van der Waals surface area contributed by atoms with E-state index in [-0.39, 0.29) is 5.91 Å². The summed E-state index contributed by atoms with van der Waals surface area (Å²) in [6.07, 6.45) is 2.42. The lowest BCUT2D eigenvalue weighted by molar-refractivity contribution is 0.0954. The Bertz CT molecular complexity index is 419. The van der Waals surface area contributed by atoms with Gasteiger partial charge in [-0.15, -0.1) is 0 Å². The van der Waals surface area contributed by atoms with Crippen molar-refractivity contribution in [2.45, 2.75) is 18.1 Å². The zero-order chi connectivity index (χ0) is 12.3. The molecule has 0 bridgehead atoms. The summed E-state index contributed by atoms with van der Waals surface area (Å²) in [5.74, 6) is 1.05. The molecular weight excluding hydrogens is 256 g/mol. The molecule has 1 amide bonds. The van der Waals surface area contributed by atoms with Crippen molar-refractivity contribution in [1.82, 2.24) is 5.32 Å². The van der Waals surface area contributed by atoms with Gasteiger partial charge >= 0.3 is 0 Å². The highest BCUT2D eigenvalue weighted by molar-refractivity contribution is 8.00. The van der Waals surface area contributed by atoms with Gasteiger partial charge in [-0.25, -0.2) is 0 Å². The molecule has 5 heteroatoms. The van der Waals surface area contributed by atoms with E-state index in [2.05, 4.69) is 5.32 Å².